The zero-order chi connectivity index (χ0) is 24.9. The van der Waals surface area contributed by atoms with Crippen LogP contribution in [0.15, 0.2) is 59.9 Å². The van der Waals surface area contributed by atoms with Gasteiger partial charge in [0.25, 0.3) is 6.47 Å². The van der Waals surface area contributed by atoms with Crippen LogP contribution in [0.3, 0.4) is 0 Å². The number of benzene rings is 1. The number of hydrogen-bond acceptors (Lipinski definition) is 9. The Morgan fingerprint density at radius 2 is 2.03 bits per heavy atom. The summed E-state index contributed by atoms with van der Waals surface area (Å²) < 4.78 is 12.2. The lowest BCUT2D eigenvalue weighted by atomic mass is 9.96. The van der Waals surface area contributed by atoms with Crippen molar-refractivity contribution < 1.29 is 14.3 Å². The molecule has 0 radical (unpaired) electrons. The van der Waals surface area contributed by atoms with Crippen molar-refractivity contribution in [3.05, 3.63) is 80.8 Å². The van der Waals surface area contributed by atoms with Gasteiger partial charge in [-0.1, -0.05) is 24.3 Å². The smallest absolute Gasteiger partial charge is 0.298 e. The molecule has 7 nitrogen and oxygen atoms in total. The molecule has 0 amide bonds. The second kappa shape index (κ2) is 11.3. The normalized spacial score (nSPS) is 15.9. The van der Waals surface area contributed by atoms with E-state index in [4.69, 9.17) is 9.47 Å². The molecule has 186 valence electrons. The van der Waals surface area contributed by atoms with E-state index in [1.165, 1.54) is 4.88 Å². The van der Waals surface area contributed by atoms with Gasteiger partial charge in [0.2, 0.25) is 0 Å². The van der Waals surface area contributed by atoms with Gasteiger partial charge in [-0.2, -0.15) is 0 Å². The number of morpholine rings is 1. The van der Waals surface area contributed by atoms with Gasteiger partial charge in [-0.05, 0) is 48.6 Å². The topological polar surface area (TPSA) is 76.6 Å². The Balaban J connectivity index is 1.55. The molecule has 1 aliphatic heterocycles. The fourth-order valence-corrected chi connectivity index (χ4v) is 6.32. The highest BCUT2D eigenvalue weighted by Crippen LogP contribution is 2.36. The fourth-order valence-electron chi connectivity index (χ4n) is 4.41. The number of anilines is 1. The lowest BCUT2D eigenvalue weighted by Crippen LogP contribution is -2.35. The molecule has 1 aliphatic rings. The van der Waals surface area contributed by atoms with E-state index in [0.29, 0.717) is 12.2 Å². The van der Waals surface area contributed by atoms with Crippen LogP contribution in [-0.2, 0) is 20.8 Å². The molecule has 0 saturated carbocycles. The third kappa shape index (κ3) is 5.34. The number of thiophene rings is 2. The molecule has 0 aliphatic carbocycles. The monoisotopic (exact) mass is 520 g/mol. The van der Waals surface area contributed by atoms with Crippen molar-refractivity contribution in [2.75, 3.05) is 31.6 Å². The zero-order valence-corrected chi connectivity index (χ0v) is 21.9. The van der Waals surface area contributed by atoms with Crippen LogP contribution < -0.4 is 5.32 Å². The summed E-state index contributed by atoms with van der Waals surface area (Å²) in [5, 5.41) is 5.46. The molecule has 36 heavy (non-hydrogen) atoms. The summed E-state index contributed by atoms with van der Waals surface area (Å²) in [6.45, 7) is 8.86. The van der Waals surface area contributed by atoms with Crippen molar-refractivity contribution in [2.24, 2.45) is 0 Å². The molecular formula is C27H28N4O3S2. The second-order valence-corrected chi connectivity index (χ2v) is 10.7. The molecule has 1 unspecified atom stereocenters. The van der Waals surface area contributed by atoms with Crippen molar-refractivity contribution in [3.63, 3.8) is 0 Å². The Labute approximate surface area is 218 Å². The van der Waals surface area contributed by atoms with E-state index in [1.54, 1.807) is 29.0 Å². The van der Waals surface area contributed by atoms with Gasteiger partial charge in [0, 0.05) is 35.0 Å². The van der Waals surface area contributed by atoms with Gasteiger partial charge < -0.3 is 14.8 Å². The highest BCUT2D eigenvalue weighted by Gasteiger charge is 2.24. The molecule has 1 aromatic carbocycles. The fraction of sp³-hybridized carbons (Fsp3) is 0.296. The number of rotatable bonds is 9. The van der Waals surface area contributed by atoms with Crippen LogP contribution in [0.2, 0.25) is 0 Å². The minimum Gasteiger partial charge on any atom is -0.430 e. The van der Waals surface area contributed by atoms with E-state index in [9.17, 15) is 4.79 Å². The third-order valence-electron chi connectivity index (χ3n) is 6.22. The molecule has 5 rings (SSSR count). The predicted octanol–water partition coefficient (Wildman–Crippen LogP) is 5.33. The summed E-state index contributed by atoms with van der Waals surface area (Å²) in [7, 11) is 0. The van der Waals surface area contributed by atoms with Gasteiger partial charge in [-0.25, -0.2) is 9.97 Å². The van der Waals surface area contributed by atoms with Crippen LogP contribution >= 0.6 is 22.7 Å². The van der Waals surface area contributed by atoms with E-state index >= 15 is 0 Å². The lowest BCUT2D eigenvalue weighted by molar-refractivity contribution is -0.125. The van der Waals surface area contributed by atoms with Crippen molar-refractivity contribution in [1.82, 2.24) is 14.9 Å². The van der Waals surface area contributed by atoms with E-state index < -0.39 is 0 Å². The van der Waals surface area contributed by atoms with E-state index in [2.05, 4.69) is 51.4 Å². The summed E-state index contributed by atoms with van der Waals surface area (Å²) in [4.78, 5) is 25.3. The van der Waals surface area contributed by atoms with Crippen molar-refractivity contribution >= 4 is 50.8 Å². The van der Waals surface area contributed by atoms with Crippen LogP contribution in [0.4, 0.5) is 5.82 Å². The van der Waals surface area contributed by atoms with Gasteiger partial charge in [0.05, 0.1) is 29.5 Å². The molecule has 1 saturated heterocycles. The molecular weight excluding hydrogens is 492 g/mol. The standard InChI is InChI=1S/C27H28N4O3S2/c1-18-5-3-4-6-21(18)24(23-8-7-20(36-23)15-31-10-12-33-13-11-31)25(34-17-32)19(2)30-27-26-22(9-14-35-26)28-16-29-27/h3-9,14,16-17,19H,10-13,15H2,1-2H3,(H,28,29,30)/b25-24+. The first kappa shape index (κ1) is 24.6. The first-order valence-electron chi connectivity index (χ1n) is 11.9. The van der Waals surface area contributed by atoms with E-state index in [0.717, 1.165) is 70.5 Å². The number of carbonyl (C=O) groups is 1. The largest absolute Gasteiger partial charge is 0.430 e. The van der Waals surface area contributed by atoms with Crippen LogP contribution in [0.25, 0.3) is 15.8 Å². The summed E-state index contributed by atoms with van der Waals surface area (Å²) in [5.74, 6) is 1.28. The minimum absolute atomic E-state index is 0.324. The quantitative estimate of drug-likeness (QED) is 0.236. The maximum absolute atomic E-state index is 11.7. The second-order valence-electron chi connectivity index (χ2n) is 8.65. The maximum atomic E-state index is 11.7. The van der Waals surface area contributed by atoms with Crippen LogP contribution in [0, 0.1) is 6.92 Å². The summed E-state index contributed by atoms with van der Waals surface area (Å²) >= 11 is 3.31. The Morgan fingerprint density at radius 3 is 2.83 bits per heavy atom. The van der Waals surface area contributed by atoms with Crippen molar-refractivity contribution in [1.29, 1.82) is 0 Å². The zero-order valence-electron chi connectivity index (χ0n) is 20.3. The maximum Gasteiger partial charge on any atom is 0.298 e. The molecule has 1 atom stereocenters. The molecule has 1 fully saturated rings. The molecule has 4 aromatic rings. The van der Waals surface area contributed by atoms with Gasteiger partial charge in [-0.3, -0.25) is 9.69 Å². The Bertz CT molecular complexity index is 1370. The highest BCUT2D eigenvalue weighted by atomic mass is 32.1. The van der Waals surface area contributed by atoms with Gasteiger partial charge in [0.15, 0.2) is 0 Å². The number of aromatic nitrogens is 2. The first-order valence-corrected chi connectivity index (χ1v) is 13.6. The Kier molecular flexibility index (Phi) is 7.72. The lowest BCUT2D eigenvalue weighted by Gasteiger charge is -2.25. The average molecular weight is 521 g/mol. The number of aryl methyl sites for hydroxylation is 1. The van der Waals surface area contributed by atoms with Crippen molar-refractivity contribution in [3.8, 4) is 0 Å². The van der Waals surface area contributed by atoms with E-state index in [1.807, 2.05) is 30.5 Å². The number of nitrogens with one attached hydrogen (secondary N) is 1. The first-order chi connectivity index (χ1) is 17.6. The average Bonchev–Trinajstić information content (AvgIpc) is 3.56. The minimum atomic E-state index is -0.324. The molecule has 0 bridgehead atoms. The number of carbonyl (C=O) groups excluding carboxylic acids is 1. The van der Waals surface area contributed by atoms with Crippen molar-refractivity contribution in [2.45, 2.75) is 26.4 Å². The van der Waals surface area contributed by atoms with Gasteiger partial charge in [-0.15, -0.1) is 22.7 Å². The molecule has 4 heterocycles. The summed E-state index contributed by atoms with van der Waals surface area (Å²) in [5.41, 5.74) is 3.94. The number of nitrogens with zero attached hydrogens (tertiary/aromatic N) is 3. The SMILES string of the molecule is Cc1ccccc1/C(=C(\OC=O)C(C)Nc1ncnc2ccsc12)c1ccc(CN2CCOCC2)s1. The number of fused-ring (bicyclic) bond motifs is 1. The van der Waals surface area contributed by atoms with Gasteiger partial charge >= 0.3 is 0 Å². The molecule has 9 heteroatoms. The number of hydrogen-bond donors (Lipinski definition) is 1. The van der Waals surface area contributed by atoms with Crippen LogP contribution in [-0.4, -0.2) is 53.7 Å². The molecule has 0 spiro atoms. The molecule has 3 aromatic heterocycles. The molecule has 1 N–H and O–H groups in total. The Hall–Kier alpha value is -3.11. The van der Waals surface area contributed by atoms with Crippen LogP contribution in [0.1, 0.15) is 27.8 Å². The summed E-state index contributed by atoms with van der Waals surface area (Å²) in [6.07, 6.45) is 1.55. The third-order valence-corrected chi connectivity index (χ3v) is 8.21. The van der Waals surface area contributed by atoms with Gasteiger partial charge in [0.1, 0.15) is 17.9 Å². The number of ether oxygens (including phenoxy) is 2. The highest BCUT2D eigenvalue weighted by molar-refractivity contribution is 7.17. The predicted molar refractivity (Wildman–Crippen MR) is 145 cm³/mol. The van der Waals surface area contributed by atoms with Crippen LogP contribution in [0.5, 0.6) is 0 Å². The van der Waals surface area contributed by atoms with E-state index in [-0.39, 0.29) is 6.04 Å². The Morgan fingerprint density at radius 1 is 1.19 bits per heavy atom. The summed E-state index contributed by atoms with van der Waals surface area (Å²) in [6, 6.07) is 14.1.